The zero-order chi connectivity index (χ0) is 16.8. The van der Waals surface area contributed by atoms with Crippen LogP contribution >= 0.6 is 0 Å². The van der Waals surface area contributed by atoms with Crippen LogP contribution in [0.3, 0.4) is 0 Å². The van der Waals surface area contributed by atoms with Gasteiger partial charge in [-0.3, -0.25) is 0 Å². The molecule has 0 amide bonds. The van der Waals surface area contributed by atoms with Crippen LogP contribution in [0, 0.1) is 0 Å². The van der Waals surface area contributed by atoms with Gasteiger partial charge in [0.1, 0.15) is 0 Å². The Morgan fingerprint density at radius 3 is 2.26 bits per heavy atom. The van der Waals surface area contributed by atoms with E-state index in [2.05, 4.69) is 9.97 Å². The fraction of sp³-hybridized carbons (Fsp3) is 0.375. The van der Waals surface area contributed by atoms with Crippen LogP contribution in [0.1, 0.15) is 5.56 Å². The lowest BCUT2D eigenvalue weighted by Gasteiger charge is -2.21. The zero-order valence-corrected chi connectivity index (χ0v) is 14.0. The van der Waals surface area contributed by atoms with E-state index in [1.54, 1.807) is 40.7 Å². The number of benzene rings is 1. The maximum Gasteiger partial charge on any atom is 0.228 e. The molecule has 2 aromatic rings. The first kappa shape index (κ1) is 16.7. The predicted molar refractivity (Wildman–Crippen MR) is 86.8 cm³/mol. The smallest absolute Gasteiger partial charge is 0.228 e. The molecule has 23 heavy (non-hydrogen) atoms. The number of ether oxygens (including phenoxy) is 4. The molecule has 1 aromatic heterocycles. The van der Waals surface area contributed by atoms with Crippen LogP contribution in [0.4, 0.5) is 5.95 Å². The van der Waals surface area contributed by atoms with Gasteiger partial charge in [-0.1, -0.05) is 0 Å². The fourth-order valence-electron chi connectivity index (χ4n) is 2.24. The van der Waals surface area contributed by atoms with Gasteiger partial charge in [0, 0.05) is 31.4 Å². The molecule has 1 aromatic carbocycles. The SMILES string of the molecule is COc1ccnc(N(C)Cc2ccc(OC)c(OC)c2OC)n1. The number of hydrogen-bond donors (Lipinski definition) is 0. The molecular weight excluding hydrogens is 298 g/mol. The van der Waals surface area contributed by atoms with Crippen LogP contribution < -0.4 is 23.8 Å². The summed E-state index contributed by atoms with van der Waals surface area (Å²) in [4.78, 5) is 10.5. The molecule has 0 saturated heterocycles. The molecule has 0 radical (unpaired) electrons. The number of nitrogens with zero attached hydrogens (tertiary/aromatic N) is 3. The van der Waals surface area contributed by atoms with Gasteiger partial charge in [0.2, 0.25) is 17.6 Å². The highest BCUT2D eigenvalue weighted by atomic mass is 16.5. The van der Waals surface area contributed by atoms with E-state index in [1.807, 2.05) is 24.1 Å². The molecule has 124 valence electrons. The summed E-state index contributed by atoms with van der Waals surface area (Å²) < 4.78 is 21.3. The molecule has 0 atom stereocenters. The molecule has 0 aliphatic carbocycles. The van der Waals surface area contributed by atoms with Crippen LogP contribution in [0.15, 0.2) is 24.4 Å². The van der Waals surface area contributed by atoms with E-state index in [4.69, 9.17) is 18.9 Å². The van der Waals surface area contributed by atoms with Crippen molar-refractivity contribution >= 4 is 5.95 Å². The molecule has 1 heterocycles. The van der Waals surface area contributed by atoms with Crippen molar-refractivity contribution < 1.29 is 18.9 Å². The van der Waals surface area contributed by atoms with E-state index in [0.29, 0.717) is 35.6 Å². The van der Waals surface area contributed by atoms with E-state index >= 15 is 0 Å². The van der Waals surface area contributed by atoms with Crippen molar-refractivity contribution in [1.82, 2.24) is 9.97 Å². The Hall–Kier alpha value is -2.70. The van der Waals surface area contributed by atoms with Gasteiger partial charge in [-0.25, -0.2) is 4.98 Å². The Kier molecular flexibility index (Phi) is 5.46. The monoisotopic (exact) mass is 319 g/mol. The van der Waals surface area contributed by atoms with Gasteiger partial charge in [-0.15, -0.1) is 0 Å². The average molecular weight is 319 g/mol. The molecule has 0 bridgehead atoms. The maximum absolute atomic E-state index is 5.49. The van der Waals surface area contributed by atoms with E-state index in [9.17, 15) is 0 Å². The van der Waals surface area contributed by atoms with Crippen molar-refractivity contribution in [3.05, 3.63) is 30.0 Å². The van der Waals surface area contributed by atoms with Crippen molar-refractivity contribution in [2.75, 3.05) is 40.4 Å². The van der Waals surface area contributed by atoms with E-state index < -0.39 is 0 Å². The number of methoxy groups -OCH3 is 4. The van der Waals surface area contributed by atoms with Gasteiger partial charge in [0.15, 0.2) is 11.5 Å². The lowest BCUT2D eigenvalue weighted by Crippen LogP contribution is -2.19. The Morgan fingerprint density at radius 2 is 1.65 bits per heavy atom. The zero-order valence-electron chi connectivity index (χ0n) is 14.0. The van der Waals surface area contributed by atoms with Crippen LogP contribution in [0.2, 0.25) is 0 Å². The summed E-state index contributed by atoms with van der Waals surface area (Å²) in [5.41, 5.74) is 0.930. The van der Waals surface area contributed by atoms with Crippen LogP contribution in [-0.2, 0) is 6.54 Å². The van der Waals surface area contributed by atoms with E-state index in [0.717, 1.165) is 5.56 Å². The third-order valence-electron chi connectivity index (χ3n) is 3.36. The first-order chi connectivity index (χ1) is 11.1. The van der Waals surface area contributed by atoms with Gasteiger partial charge >= 0.3 is 0 Å². The third-order valence-corrected chi connectivity index (χ3v) is 3.36. The summed E-state index contributed by atoms with van der Waals surface area (Å²) >= 11 is 0. The summed E-state index contributed by atoms with van der Waals surface area (Å²) in [5, 5.41) is 0. The molecular formula is C16H21N3O4. The Bertz CT molecular complexity index is 664. The summed E-state index contributed by atoms with van der Waals surface area (Å²) in [6.45, 7) is 0.538. The topological polar surface area (TPSA) is 65.9 Å². The van der Waals surface area contributed by atoms with Crippen LogP contribution in [0.25, 0.3) is 0 Å². The van der Waals surface area contributed by atoms with Crippen molar-refractivity contribution in [2.45, 2.75) is 6.54 Å². The Morgan fingerprint density at radius 1 is 0.913 bits per heavy atom. The second kappa shape index (κ2) is 7.53. The van der Waals surface area contributed by atoms with Crippen molar-refractivity contribution in [2.24, 2.45) is 0 Å². The van der Waals surface area contributed by atoms with Crippen LogP contribution in [-0.4, -0.2) is 45.5 Å². The minimum Gasteiger partial charge on any atom is -0.493 e. The first-order valence-electron chi connectivity index (χ1n) is 7.00. The molecule has 0 fully saturated rings. The third kappa shape index (κ3) is 3.56. The highest BCUT2D eigenvalue weighted by Gasteiger charge is 2.17. The number of rotatable bonds is 7. The summed E-state index contributed by atoms with van der Waals surface area (Å²) in [7, 11) is 8.24. The lowest BCUT2D eigenvalue weighted by atomic mass is 10.1. The molecule has 2 rings (SSSR count). The minimum absolute atomic E-state index is 0.515. The number of aromatic nitrogens is 2. The van der Waals surface area contributed by atoms with Crippen LogP contribution in [0.5, 0.6) is 23.1 Å². The molecule has 0 spiro atoms. The molecule has 0 aliphatic rings. The Labute approximate surface area is 135 Å². The number of hydrogen-bond acceptors (Lipinski definition) is 7. The highest BCUT2D eigenvalue weighted by molar-refractivity contribution is 5.56. The second-order valence-electron chi connectivity index (χ2n) is 4.75. The van der Waals surface area contributed by atoms with Gasteiger partial charge in [-0.05, 0) is 12.1 Å². The van der Waals surface area contributed by atoms with E-state index in [-0.39, 0.29) is 0 Å². The van der Waals surface area contributed by atoms with E-state index in [1.165, 1.54) is 0 Å². The summed E-state index contributed by atoms with van der Waals surface area (Å²) in [6.07, 6.45) is 1.66. The predicted octanol–water partition coefficient (Wildman–Crippen LogP) is 2.15. The lowest BCUT2D eigenvalue weighted by molar-refractivity contribution is 0.322. The van der Waals surface area contributed by atoms with Gasteiger partial charge in [0.25, 0.3) is 0 Å². The van der Waals surface area contributed by atoms with Crippen molar-refractivity contribution in [3.8, 4) is 23.1 Å². The van der Waals surface area contributed by atoms with Crippen molar-refractivity contribution in [3.63, 3.8) is 0 Å². The molecule has 7 nitrogen and oxygen atoms in total. The van der Waals surface area contributed by atoms with Gasteiger partial charge in [-0.2, -0.15) is 4.98 Å². The largest absolute Gasteiger partial charge is 0.493 e. The number of anilines is 1. The molecule has 7 heteroatoms. The standard InChI is InChI=1S/C16H21N3O4/c1-19(16-17-9-8-13(18-16)21-3)10-11-6-7-12(20-2)15(23-5)14(11)22-4/h6-9H,10H2,1-5H3. The first-order valence-corrected chi connectivity index (χ1v) is 7.00. The molecule has 0 saturated carbocycles. The maximum atomic E-state index is 5.49. The highest BCUT2D eigenvalue weighted by Crippen LogP contribution is 2.40. The summed E-state index contributed by atoms with van der Waals surface area (Å²) in [5.74, 6) is 2.88. The van der Waals surface area contributed by atoms with Gasteiger partial charge in [0.05, 0.1) is 28.4 Å². The van der Waals surface area contributed by atoms with Gasteiger partial charge < -0.3 is 23.8 Å². The molecule has 0 N–H and O–H groups in total. The second-order valence-corrected chi connectivity index (χ2v) is 4.75. The molecule has 0 unspecified atom stereocenters. The Balaban J connectivity index is 2.31. The summed E-state index contributed by atoms with van der Waals surface area (Å²) in [6, 6.07) is 5.47. The molecule has 0 aliphatic heterocycles. The minimum atomic E-state index is 0.515. The average Bonchev–Trinajstić information content (AvgIpc) is 2.60. The van der Waals surface area contributed by atoms with Crippen molar-refractivity contribution in [1.29, 1.82) is 0 Å². The quantitative estimate of drug-likeness (QED) is 0.774. The fourth-order valence-corrected chi connectivity index (χ4v) is 2.24. The normalized spacial score (nSPS) is 10.1.